The molecule has 0 aliphatic rings. The van der Waals surface area contributed by atoms with Crippen LogP contribution in [0.4, 0.5) is 0 Å². The van der Waals surface area contributed by atoms with Crippen molar-refractivity contribution in [3.8, 4) is 0 Å². The van der Waals surface area contributed by atoms with Crippen molar-refractivity contribution < 1.29 is 4.79 Å². The Morgan fingerprint density at radius 3 is 2.25 bits per heavy atom. The third kappa shape index (κ3) is 7.15. The first-order valence-corrected chi connectivity index (χ1v) is 7.42. The third-order valence-corrected chi connectivity index (χ3v) is 3.50. The minimum Gasteiger partial charge on any atom is -0.351 e. The van der Waals surface area contributed by atoms with E-state index in [9.17, 15) is 4.79 Å². The maximum atomic E-state index is 11.7. The molecule has 0 saturated carbocycles. The highest BCUT2D eigenvalue weighted by atomic mass is 32.2. The Balaban J connectivity index is 4.18. The molecule has 0 saturated heterocycles. The number of hydrogen-bond donors (Lipinski definition) is 1. The molecule has 0 fully saturated rings. The van der Waals surface area contributed by atoms with Gasteiger partial charge in [-0.15, -0.1) is 0 Å². The Morgan fingerprint density at radius 1 is 1.25 bits per heavy atom. The molecule has 1 N–H and O–H groups in total. The molecule has 0 atom stereocenters. The summed E-state index contributed by atoms with van der Waals surface area (Å²) in [4.78, 5) is 11.7. The SMILES string of the molecule is CCC(C)(C)CC(C)(C)NC(=O)CCSC. The van der Waals surface area contributed by atoms with Crippen LogP contribution in [0.15, 0.2) is 0 Å². The number of hydrogen-bond acceptors (Lipinski definition) is 2. The minimum absolute atomic E-state index is 0.102. The van der Waals surface area contributed by atoms with Gasteiger partial charge in [-0.1, -0.05) is 27.2 Å². The van der Waals surface area contributed by atoms with Crippen LogP contribution >= 0.6 is 11.8 Å². The number of amides is 1. The van der Waals surface area contributed by atoms with Crippen LogP contribution in [0.1, 0.15) is 53.9 Å². The van der Waals surface area contributed by atoms with E-state index < -0.39 is 0 Å². The summed E-state index contributed by atoms with van der Waals surface area (Å²) in [5.74, 6) is 1.07. The number of thioether (sulfide) groups is 1. The molecule has 0 aromatic rings. The summed E-state index contributed by atoms with van der Waals surface area (Å²) in [6, 6.07) is 0. The summed E-state index contributed by atoms with van der Waals surface area (Å²) in [7, 11) is 0. The molecule has 0 heterocycles. The molecule has 0 aliphatic heterocycles. The van der Waals surface area contributed by atoms with Crippen molar-refractivity contribution in [1.82, 2.24) is 5.32 Å². The highest BCUT2D eigenvalue weighted by Gasteiger charge is 2.28. The predicted molar refractivity (Wildman–Crippen MR) is 73.9 cm³/mol. The summed E-state index contributed by atoms with van der Waals surface area (Å²) < 4.78 is 0. The Kier molecular flexibility index (Phi) is 6.46. The molecule has 3 heteroatoms. The summed E-state index contributed by atoms with van der Waals surface area (Å²) in [5.41, 5.74) is 0.186. The van der Waals surface area contributed by atoms with Crippen molar-refractivity contribution in [3.05, 3.63) is 0 Å². The zero-order valence-corrected chi connectivity index (χ0v) is 12.5. The van der Waals surface area contributed by atoms with E-state index in [4.69, 9.17) is 0 Å². The van der Waals surface area contributed by atoms with E-state index in [0.29, 0.717) is 6.42 Å². The van der Waals surface area contributed by atoms with Crippen LogP contribution in [0.5, 0.6) is 0 Å². The molecule has 0 rings (SSSR count). The zero-order chi connectivity index (χ0) is 12.8. The molecule has 0 bridgehead atoms. The van der Waals surface area contributed by atoms with E-state index in [1.54, 1.807) is 11.8 Å². The first kappa shape index (κ1) is 15.8. The lowest BCUT2D eigenvalue weighted by Crippen LogP contribution is -2.46. The molecule has 0 aromatic carbocycles. The second-order valence-corrected chi connectivity index (χ2v) is 6.86. The van der Waals surface area contributed by atoms with Gasteiger partial charge in [0.15, 0.2) is 0 Å². The maximum absolute atomic E-state index is 11.7. The Labute approximate surface area is 105 Å². The molecular weight excluding hydrogens is 218 g/mol. The molecule has 0 radical (unpaired) electrons. The quantitative estimate of drug-likeness (QED) is 0.744. The monoisotopic (exact) mass is 245 g/mol. The largest absolute Gasteiger partial charge is 0.351 e. The van der Waals surface area contributed by atoms with E-state index in [0.717, 1.165) is 18.6 Å². The fourth-order valence-corrected chi connectivity index (χ4v) is 2.39. The topological polar surface area (TPSA) is 29.1 Å². The van der Waals surface area contributed by atoms with Crippen LogP contribution in [-0.2, 0) is 4.79 Å². The van der Waals surface area contributed by atoms with Crippen LogP contribution in [0.3, 0.4) is 0 Å². The lowest BCUT2D eigenvalue weighted by Gasteiger charge is -2.35. The average Bonchev–Trinajstić information content (AvgIpc) is 2.12. The number of nitrogens with one attached hydrogen (secondary N) is 1. The second-order valence-electron chi connectivity index (χ2n) is 5.87. The highest BCUT2D eigenvalue weighted by Crippen LogP contribution is 2.30. The Hall–Kier alpha value is -0.180. The van der Waals surface area contributed by atoms with Gasteiger partial charge >= 0.3 is 0 Å². The molecule has 0 aliphatic carbocycles. The molecule has 2 nitrogen and oxygen atoms in total. The van der Waals surface area contributed by atoms with Crippen molar-refractivity contribution in [3.63, 3.8) is 0 Å². The van der Waals surface area contributed by atoms with E-state index in [-0.39, 0.29) is 16.9 Å². The van der Waals surface area contributed by atoms with Gasteiger partial charge in [0.25, 0.3) is 0 Å². The fourth-order valence-electron chi connectivity index (χ4n) is 2.00. The lowest BCUT2D eigenvalue weighted by atomic mass is 9.78. The highest BCUT2D eigenvalue weighted by molar-refractivity contribution is 7.98. The zero-order valence-electron chi connectivity index (χ0n) is 11.6. The molecule has 96 valence electrons. The Morgan fingerprint density at radius 2 is 1.81 bits per heavy atom. The minimum atomic E-state index is -0.102. The number of rotatable bonds is 7. The molecular formula is C13H27NOS. The van der Waals surface area contributed by atoms with Crippen molar-refractivity contribution >= 4 is 17.7 Å². The smallest absolute Gasteiger partial charge is 0.221 e. The normalized spacial score (nSPS) is 12.6. The van der Waals surface area contributed by atoms with Crippen LogP contribution in [-0.4, -0.2) is 23.5 Å². The van der Waals surface area contributed by atoms with Crippen LogP contribution in [0.25, 0.3) is 0 Å². The van der Waals surface area contributed by atoms with Crippen LogP contribution < -0.4 is 5.32 Å². The predicted octanol–water partition coefficient (Wildman–Crippen LogP) is 3.46. The van der Waals surface area contributed by atoms with Gasteiger partial charge < -0.3 is 5.32 Å². The summed E-state index contributed by atoms with van der Waals surface area (Å²) in [6.07, 6.45) is 4.80. The van der Waals surface area contributed by atoms with Gasteiger partial charge in [-0.3, -0.25) is 4.79 Å². The molecule has 16 heavy (non-hydrogen) atoms. The van der Waals surface area contributed by atoms with E-state index in [2.05, 4.69) is 39.9 Å². The van der Waals surface area contributed by atoms with Crippen LogP contribution in [0, 0.1) is 5.41 Å². The van der Waals surface area contributed by atoms with Gasteiger partial charge in [0.2, 0.25) is 5.91 Å². The molecule has 1 amide bonds. The van der Waals surface area contributed by atoms with Crippen molar-refractivity contribution in [2.24, 2.45) is 5.41 Å². The van der Waals surface area contributed by atoms with Crippen molar-refractivity contribution in [1.29, 1.82) is 0 Å². The first-order valence-electron chi connectivity index (χ1n) is 6.02. The third-order valence-electron chi connectivity index (χ3n) is 2.89. The fraction of sp³-hybridized carbons (Fsp3) is 0.923. The summed E-state index contributed by atoms with van der Waals surface area (Å²) >= 11 is 1.71. The molecule has 0 unspecified atom stereocenters. The molecule has 0 spiro atoms. The van der Waals surface area contributed by atoms with E-state index in [1.807, 2.05) is 6.26 Å². The lowest BCUT2D eigenvalue weighted by molar-refractivity contribution is -0.122. The second kappa shape index (κ2) is 6.53. The van der Waals surface area contributed by atoms with Crippen molar-refractivity contribution in [2.75, 3.05) is 12.0 Å². The Bertz CT molecular complexity index is 224. The first-order chi connectivity index (χ1) is 7.22. The summed E-state index contributed by atoms with van der Waals surface area (Å²) in [6.45, 7) is 10.9. The van der Waals surface area contributed by atoms with Gasteiger partial charge in [0.05, 0.1) is 0 Å². The van der Waals surface area contributed by atoms with Crippen molar-refractivity contribution in [2.45, 2.75) is 59.4 Å². The summed E-state index contributed by atoms with van der Waals surface area (Å²) in [5, 5.41) is 3.13. The van der Waals surface area contributed by atoms with Gasteiger partial charge in [-0.2, -0.15) is 11.8 Å². The number of carbonyl (C=O) groups is 1. The standard InChI is InChI=1S/C13H27NOS/c1-7-12(2,3)10-13(4,5)14-11(15)8-9-16-6/h7-10H2,1-6H3,(H,14,15). The van der Waals surface area contributed by atoms with E-state index in [1.165, 1.54) is 0 Å². The van der Waals surface area contributed by atoms with Gasteiger partial charge in [-0.25, -0.2) is 0 Å². The number of carbonyl (C=O) groups excluding carboxylic acids is 1. The van der Waals surface area contributed by atoms with Gasteiger partial charge in [0, 0.05) is 17.7 Å². The molecule has 0 aromatic heterocycles. The average molecular weight is 245 g/mol. The van der Waals surface area contributed by atoms with Gasteiger partial charge in [-0.05, 0) is 31.9 Å². The van der Waals surface area contributed by atoms with E-state index >= 15 is 0 Å². The van der Waals surface area contributed by atoms with Gasteiger partial charge in [0.1, 0.15) is 0 Å². The van der Waals surface area contributed by atoms with Crippen LogP contribution in [0.2, 0.25) is 0 Å². The maximum Gasteiger partial charge on any atom is 0.221 e.